The Morgan fingerprint density at radius 1 is 1.42 bits per heavy atom. The lowest BCUT2D eigenvalue weighted by Crippen LogP contribution is -2.16. The number of hydrogen-bond donors (Lipinski definition) is 1. The first-order valence-electron chi connectivity index (χ1n) is 3.97. The maximum Gasteiger partial charge on any atom is 0.0401 e. The van der Waals surface area contributed by atoms with E-state index < -0.39 is 0 Å². The summed E-state index contributed by atoms with van der Waals surface area (Å²) in [7, 11) is 0. The highest BCUT2D eigenvalue weighted by molar-refractivity contribution is 14.1. The van der Waals surface area contributed by atoms with E-state index in [9.17, 15) is 0 Å². The van der Waals surface area contributed by atoms with Gasteiger partial charge in [0.1, 0.15) is 0 Å². The van der Waals surface area contributed by atoms with Gasteiger partial charge in [0.05, 0.1) is 0 Å². The van der Waals surface area contributed by atoms with Crippen molar-refractivity contribution in [3.8, 4) is 0 Å². The summed E-state index contributed by atoms with van der Waals surface area (Å²) in [5.74, 6) is 0.463. The molecule has 1 rings (SSSR count). The molecule has 0 saturated carbocycles. The van der Waals surface area contributed by atoms with Crippen LogP contribution in [0.15, 0.2) is 18.5 Å². The Bertz CT molecular complexity index is 260. The lowest BCUT2D eigenvalue weighted by molar-refractivity contribution is 0.512. The molecule has 1 atom stereocenters. The van der Waals surface area contributed by atoms with Gasteiger partial charge >= 0.3 is 0 Å². The molecule has 1 aromatic heterocycles. The number of aromatic nitrogens is 1. The van der Waals surface area contributed by atoms with Crippen molar-refractivity contribution in [2.45, 2.75) is 19.9 Å². The lowest BCUT2D eigenvalue weighted by Gasteiger charge is -2.15. The summed E-state index contributed by atoms with van der Waals surface area (Å²) >= 11 is 2.24. The summed E-state index contributed by atoms with van der Waals surface area (Å²) in [6.07, 6.45) is 3.67. The van der Waals surface area contributed by atoms with Crippen LogP contribution in [-0.2, 0) is 0 Å². The van der Waals surface area contributed by atoms with Crippen molar-refractivity contribution in [2.75, 3.05) is 0 Å². The van der Waals surface area contributed by atoms with Crippen molar-refractivity contribution in [3.05, 3.63) is 27.6 Å². The highest BCUT2D eigenvalue weighted by atomic mass is 127. The fourth-order valence-electron chi connectivity index (χ4n) is 0.995. The van der Waals surface area contributed by atoms with Gasteiger partial charge in [-0.2, -0.15) is 0 Å². The Morgan fingerprint density at radius 2 is 2.08 bits per heavy atom. The molecule has 12 heavy (non-hydrogen) atoms. The smallest absolute Gasteiger partial charge is 0.0401 e. The molecule has 2 N–H and O–H groups in total. The summed E-state index contributed by atoms with van der Waals surface area (Å²) < 4.78 is 1.14. The predicted octanol–water partition coefficient (Wildman–Crippen LogP) is 2.34. The highest BCUT2D eigenvalue weighted by Gasteiger charge is 2.10. The SMILES string of the molecule is CC(C)C(N)c1cncc(I)c1. The zero-order chi connectivity index (χ0) is 9.14. The van der Waals surface area contributed by atoms with Crippen LogP contribution in [0.4, 0.5) is 0 Å². The van der Waals surface area contributed by atoms with Crippen molar-refractivity contribution in [1.82, 2.24) is 4.98 Å². The van der Waals surface area contributed by atoms with Crippen LogP contribution in [0.1, 0.15) is 25.5 Å². The molecule has 0 bridgehead atoms. The van der Waals surface area contributed by atoms with E-state index in [1.54, 1.807) is 0 Å². The monoisotopic (exact) mass is 276 g/mol. The Labute approximate surface area is 86.7 Å². The molecule has 0 aliphatic carbocycles. The third-order valence-corrected chi connectivity index (χ3v) is 2.42. The minimum absolute atomic E-state index is 0.104. The Morgan fingerprint density at radius 3 is 2.58 bits per heavy atom. The summed E-state index contributed by atoms with van der Waals surface area (Å²) in [5.41, 5.74) is 7.09. The second-order valence-corrected chi connectivity index (χ2v) is 4.45. The molecule has 66 valence electrons. The molecule has 0 amide bonds. The topological polar surface area (TPSA) is 38.9 Å². The zero-order valence-corrected chi connectivity index (χ0v) is 9.45. The van der Waals surface area contributed by atoms with E-state index in [1.807, 2.05) is 12.4 Å². The first-order valence-corrected chi connectivity index (χ1v) is 5.05. The predicted molar refractivity (Wildman–Crippen MR) is 58.7 cm³/mol. The largest absolute Gasteiger partial charge is 0.324 e. The van der Waals surface area contributed by atoms with E-state index in [2.05, 4.69) is 47.5 Å². The van der Waals surface area contributed by atoms with Crippen LogP contribution >= 0.6 is 22.6 Å². The molecule has 0 aliphatic rings. The average Bonchev–Trinajstić information content (AvgIpc) is 2.03. The summed E-state index contributed by atoms with van der Waals surface area (Å²) in [6, 6.07) is 2.19. The van der Waals surface area contributed by atoms with Crippen LogP contribution in [-0.4, -0.2) is 4.98 Å². The van der Waals surface area contributed by atoms with Gasteiger partial charge in [0.2, 0.25) is 0 Å². The van der Waals surface area contributed by atoms with Gasteiger partial charge in [0.15, 0.2) is 0 Å². The lowest BCUT2D eigenvalue weighted by atomic mass is 9.99. The van der Waals surface area contributed by atoms with Crippen molar-refractivity contribution < 1.29 is 0 Å². The Balaban J connectivity index is 2.88. The van der Waals surface area contributed by atoms with Crippen LogP contribution in [0, 0.1) is 9.49 Å². The number of rotatable bonds is 2. The van der Waals surface area contributed by atoms with Crippen molar-refractivity contribution in [1.29, 1.82) is 0 Å². The van der Waals surface area contributed by atoms with E-state index in [-0.39, 0.29) is 6.04 Å². The Kier molecular flexibility index (Phi) is 3.46. The fraction of sp³-hybridized carbons (Fsp3) is 0.444. The number of pyridine rings is 1. The van der Waals surface area contributed by atoms with Crippen molar-refractivity contribution >= 4 is 22.6 Å². The molecule has 2 nitrogen and oxygen atoms in total. The molecule has 0 fully saturated rings. The third kappa shape index (κ3) is 2.42. The Hall–Kier alpha value is -0.160. The van der Waals surface area contributed by atoms with Gasteiger partial charge < -0.3 is 5.73 Å². The molecule has 1 unspecified atom stereocenters. The van der Waals surface area contributed by atoms with E-state index in [0.29, 0.717) is 5.92 Å². The second kappa shape index (κ2) is 4.18. The molecule has 0 aromatic carbocycles. The molecular weight excluding hydrogens is 263 g/mol. The van der Waals surface area contributed by atoms with E-state index in [1.165, 1.54) is 0 Å². The van der Waals surface area contributed by atoms with Crippen LogP contribution in [0.25, 0.3) is 0 Å². The summed E-state index contributed by atoms with van der Waals surface area (Å²) in [6.45, 7) is 4.23. The fourth-order valence-corrected chi connectivity index (χ4v) is 1.52. The van der Waals surface area contributed by atoms with Crippen LogP contribution in [0.5, 0.6) is 0 Å². The maximum atomic E-state index is 5.96. The quantitative estimate of drug-likeness (QED) is 0.842. The second-order valence-electron chi connectivity index (χ2n) is 3.21. The number of halogens is 1. The van der Waals surface area contributed by atoms with Crippen LogP contribution < -0.4 is 5.73 Å². The minimum atomic E-state index is 0.104. The van der Waals surface area contributed by atoms with Crippen molar-refractivity contribution in [3.63, 3.8) is 0 Å². The van der Waals surface area contributed by atoms with Gasteiger partial charge in [-0.05, 0) is 40.1 Å². The van der Waals surface area contributed by atoms with E-state index in [0.717, 1.165) is 9.13 Å². The molecule has 0 spiro atoms. The molecule has 0 saturated heterocycles. The molecule has 1 aromatic rings. The van der Waals surface area contributed by atoms with Crippen LogP contribution in [0.3, 0.4) is 0 Å². The summed E-state index contributed by atoms with van der Waals surface area (Å²) in [5, 5.41) is 0. The number of nitrogens with two attached hydrogens (primary N) is 1. The first kappa shape index (κ1) is 9.92. The standard InChI is InChI=1S/C9H13IN2/c1-6(2)9(11)7-3-8(10)5-12-4-7/h3-6,9H,11H2,1-2H3. The first-order chi connectivity index (χ1) is 5.61. The molecular formula is C9H13IN2. The maximum absolute atomic E-state index is 5.96. The summed E-state index contributed by atoms with van der Waals surface area (Å²) in [4.78, 5) is 4.10. The van der Waals surface area contributed by atoms with Gasteiger partial charge in [-0.3, -0.25) is 4.98 Å². The highest BCUT2D eigenvalue weighted by Crippen LogP contribution is 2.18. The molecule has 0 aliphatic heterocycles. The van der Waals surface area contributed by atoms with E-state index in [4.69, 9.17) is 5.73 Å². The van der Waals surface area contributed by atoms with E-state index >= 15 is 0 Å². The van der Waals surface area contributed by atoms with Gasteiger partial charge in [0, 0.05) is 22.0 Å². The van der Waals surface area contributed by atoms with Gasteiger partial charge in [-0.1, -0.05) is 13.8 Å². The zero-order valence-electron chi connectivity index (χ0n) is 7.29. The van der Waals surface area contributed by atoms with Gasteiger partial charge in [-0.15, -0.1) is 0 Å². The normalized spacial score (nSPS) is 13.4. The van der Waals surface area contributed by atoms with Gasteiger partial charge in [0.25, 0.3) is 0 Å². The number of nitrogens with zero attached hydrogens (tertiary/aromatic N) is 1. The molecule has 1 heterocycles. The minimum Gasteiger partial charge on any atom is -0.324 e. The van der Waals surface area contributed by atoms with Crippen LogP contribution in [0.2, 0.25) is 0 Å². The third-order valence-electron chi connectivity index (χ3n) is 1.83. The molecule has 3 heteroatoms. The van der Waals surface area contributed by atoms with Gasteiger partial charge in [-0.25, -0.2) is 0 Å². The molecule has 0 radical (unpaired) electrons. The number of hydrogen-bond acceptors (Lipinski definition) is 2. The van der Waals surface area contributed by atoms with Crippen molar-refractivity contribution in [2.24, 2.45) is 11.7 Å². The average molecular weight is 276 g/mol.